The quantitative estimate of drug-likeness (QED) is 0.624. The van der Waals surface area contributed by atoms with E-state index in [2.05, 4.69) is 17.0 Å². The number of ether oxygens (including phenoxy) is 1. The lowest BCUT2D eigenvalue weighted by molar-refractivity contribution is -0.142. The lowest BCUT2D eigenvalue weighted by Gasteiger charge is -2.08. The van der Waals surface area contributed by atoms with Gasteiger partial charge in [-0.2, -0.15) is 0 Å². The largest absolute Gasteiger partial charge is 0.468 e. The molecular formula is C7H13NO2S. The van der Waals surface area contributed by atoms with Crippen LogP contribution in [0.1, 0.15) is 13.3 Å². The summed E-state index contributed by atoms with van der Waals surface area (Å²) >= 11 is 1.78. The van der Waals surface area contributed by atoms with Crippen LogP contribution in [0.5, 0.6) is 0 Å². The van der Waals surface area contributed by atoms with Gasteiger partial charge in [-0.05, 0) is 6.42 Å². The van der Waals surface area contributed by atoms with Gasteiger partial charge in [0.1, 0.15) is 6.04 Å². The summed E-state index contributed by atoms with van der Waals surface area (Å²) in [6.07, 6.45) is 1.05. The first-order valence-electron chi connectivity index (χ1n) is 3.73. The number of rotatable bonds is 2. The van der Waals surface area contributed by atoms with E-state index in [4.69, 9.17) is 0 Å². The van der Waals surface area contributed by atoms with Crippen molar-refractivity contribution in [3.05, 3.63) is 0 Å². The molecule has 0 aromatic carbocycles. The van der Waals surface area contributed by atoms with Crippen molar-refractivity contribution in [2.24, 2.45) is 0 Å². The molecule has 0 aromatic heterocycles. The maximum Gasteiger partial charge on any atom is 0.323 e. The molecule has 2 atom stereocenters. The molecule has 3 nitrogen and oxygen atoms in total. The fourth-order valence-corrected chi connectivity index (χ4v) is 2.20. The van der Waals surface area contributed by atoms with E-state index in [1.807, 2.05) is 0 Å². The Balaban J connectivity index is 2.35. The molecule has 0 amide bonds. The lowest BCUT2D eigenvalue weighted by Crippen LogP contribution is -2.37. The lowest BCUT2D eigenvalue weighted by atomic mass is 10.3. The number of methoxy groups -OCH3 is 1. The molecule has 1 fully saturated rings. The van der Waals surface area contributed by atoms with Crippen LogP contribution in [0.15, 0.2) is 0 Å². The maximum absolute atomic E-state index is 11.0. The minimum absolute atomic E-state index is 0.0880. The molecule has 1 heterocycles. The monoisotopic (exact) mass is 175 g/mol. The maximum atomic E-state index is 11.0. The second kappa shape index (κ2) is 3.97. The van der Waals surface area contributed by atoms with Crippen molar-refractivity contribution < 1.29 is 9.53 Å². The molecule has 1 saturated heterocycles. The van der Waals surface area contributed by atoms with Crippen LogP contribution in [0.4, 0.5) is 0 Å². The van der Waals surface area contributed by atoms with Gasteiger partial charge < -0.3 is 4.74 Å². The van der Waals surface area contributed by atoms with Crippen molar-refractivity contribution in [1.82, 2.24) is 5.32 Å². The summed E-state index contributed by atoms with van der Waals surface area (Å²) in [6.45, 7) is 2.10. The Morgan fingerprint density at radius 1 is 1.82 bits per heavy atom. The number of carbonyl (C=O) groups is 1. The Labute approximate surface area is 70.9 Å². The third-order valence-corrected chi connectivity index (χ3v) is 3.11. The summed E-state index contributed by atoms with van der Waals surface area (Å²) in [5.41, 5.74) is 0. The summed E-state index contributed by atoms with van der Waals surface area (Å²) in [4.78, 5) is 11.0. The molecule has 0 aromatic rings. The summed E-state index contributed by atoms with van der Waals surface area (Å²) in [5, 5.41) is 3.61. The Morgan fingerprint density at radius 3 is 3.00 bits per heavy atom. The number of carbonyl (C=O) groups excluding carboxylic acids is 1. The summed E-state index contributed by atoms with van der Waals surface area (Å²) in [5.74, 6) is 0.694. The highest BCUT2D eigenvalue weighted by molar-refractivity contribution is 8.00. The minimum atomic E-state index is -0.145. The van der Waals surface area contributed by atoms with Gasteiger partial charge in [-0.15, -0.1) is 11.8 Å². The van der Waals surface area contributed by atoms with E-state index in [0.29, 0.717) is 5.37 Å². The molecule has 1 aliphatic rings. The van der Waals surface area contributed by atoms with Gasteiger partial charge in [0.25, 0.3) is 0 Å². The molecule has 0 bridgehead atoms. The van der Waals surface area contributed by atoms with Crippen LogP contribution in [0.3, 0.4) is 0 Å². The SMILES string of the molecule is CC[C@@H]1N[C@H](C(=O)OC)CS1. The van der Waals surface area contributed by atoms with E-state index in [1.54, 1.807) is 11.8 Å². The second-order valence-electron chi connectivity index (χ2n) is 2.47. The third kappa shape index (κ3) is 2.10. The van der Waals surface area contributed by atoms with Gasteiger partial charge in [-0.25, -0.2) is 0 Å². The molecule has 0 radical (unpaired) electrons. The smallest absolute Gasteiger partial charge is 0.323 e. The van der Waals surface area contributed by atoms with Crippen molar-refractivity contribution in [3.63, 3.8) is 0 Å². The highest BCUT2D eigenvalue weighted by Crippen LogP contribution is 2.21. The van der Waals surface area contributed by atoms with E-state index in [-0.39, 0.29) is 12.0 Å². The van der Waals surface area contributed by atoms with E-state index < -0.39 is 0 Å². The Kier molecular flexibility index (Phi) is 3.20. The minimum Gasteiger partial charge on any atom is -0.468 e. The molecule has 1 rings (SSSR count). The number of thioether (sulfide) groups is 1. The van der Waals surface area contributed by atoms with Gasteiger partial charge in [-0.1, -0.05) is 6.92 Å². The van der Waals surface area contributed by atoms with Crippen LogP contribution in [0, 0.1) is 0 Å². The zero-order valence-corrected chi connectivity index (χ0v) is 7.61. The zero-order chi connectivity index (χ0) is 8.27. The molecule has 0 unspecified atom stereocenters. The number of hydrogen-bond donors (Lipinski definition) is 1. The highest BCUT2D eigenvalue weighted by Gasteiger charge is 2.28. The van der Waals surface area contributed by atoms with Crippen molar-refractivity contribution in [3.8, 4) is 0 Å². The normalized spacial score (nSPS) is 30.4. The molecule has 0 aliphatic carbocycles. The summed E-state index contributed by atoms with van der Waals surface area (Å²) in [7, 11) is 1.42. The van der Waals surface area contributed by atoms with Crippen molar-refractivity contribution in [2.75, 3.05) is 12.9 Å². The number of esters is 1. The first-order valence-corrected chi connectivity index (χ1v) is 4.78. The topological polar surface area (TPSA) is 38.3 Å². The molecule has 4 heteroatoms. The van der Waals surface area contributed by atoms with Gasteiger partial charge >= 0.3 is 5.97 Å². The van der Waals surface area contributed by atoms with Crippen LogP contribution >= 0.6 is 11.8 Å². The van der Waals surface area contributed by atoms with Crippen LogP contribution in [-0.4, -0.2) is 30.2 Å². The molecule has 64 valence electrons. The average molecular weight is 175 g/mol. The average Bonchev–Trinajstić information content (AvgIpc) is 2.50. The van der Waals surface area contributed by atoms with Gasteiger partial charge in [0.05, 0.1) is 12.5 Å². The van der Waals surface area contributed by atoms with Crippen LogP contribution < -0.4 is 5.32 Å². The number of hydrogen-bond acceptors (Lipinski definition) is 4. The van der Waals surface area contributed by atoms with E-state index in [9.17, 15) is 4.79 Å². The molecule has 0 saturated carbocycles. The van der Waals surface area contributed by atoms with Crippen LogP contribution in [-0.2, 0) is 9.53 Å². The predicted molar refractivity (Wildman–Crippen MR) is 45.5 cm³/mol. The number of nitrogens with one attached hydrogen (secondary N) is 1. The predicted octanol–water partition coefficient (Wildman–Crippen LogP) is 0.600. The van der Waals surface area contributed by atoms with Crippen molar-refractivity contribution in [2.45, 2.75) is 24.8 Å². The highest BCUT2D eigenvalue weighted by atomic mass is 32.2. The molecule has 0 spiro atoms. The molecule has 1 N–H and O–H groups in total. The van der Waals surface area contributed by atoms with Crippen molar-refractivity contribution in [1.29, 1.82) is 0 Å². The first kappa shape index (κ1) is 8.87. The molecule has 11 heavy (non-hydrogen) atoms. The van der Waals surface area contributed by atoms with Gasteiger partial charge in [0.2, 0.25) is 0 Å². The van der Waals surface area contributed by atoms with E-state index >= 15 is 0 Å². The van der Waals surface area contributed by atoms with E-state index in [1.165, 1.54) is 7.11 Å². The van der Waals surface area contributed by atoms with Crippen LogP contribution in [0.2, 0.25) is 0 Å². The Morgan fingerprint density at radius 2 is 2.55 bits per heavy atom. The van der Waals surface area contributed by atoms with Gasteiger partial charge in [0, 0.05) is 5.75 Å². The third-order valence-electron chi connectivity index (χ3n) is 1.71. The fourth-order valence-electron chi connectivity index (χ4n) is 1.05. The fraction of sp³-hybridized carbons (Fsp3) is 0.857. The molecule has 1 aliphatic heterocycles. The van der Waals surface area contributed by atoms with Crippen LogP contribution in [0.25, 0.3) is 0 Å². The van der Waals surface area contributed by atoms with Crippen molar-refractivity contribution >= 4 is 17.7 Å². The standard InChI is InChI=1S/C7H13NO2S/c1-3-6-8-5(4-11-6)7(9)10-2/h5-6,8H,3-4H2,1-2H3/t5-,6+/m0/s1. The van der Waals surface area contributed by atoms with Gasteiger partial charge in [0.15, 0.2) is 0 Å². The zero-order valence-electron chi connectivity index (χ0n) is 6.79. The molecular weight excluding hydrogens is 162 g/mol. The Hall–Kier alpha value is -0.220. The second-order valence-corrected chi connectivity index (χ2v) is 3.71. The summed E-state index contributed by atoms with van der Waals surface area (Å²) < 4.78 is 4.61. The Bertz CT molecular complexity index is 151. The first-order chi connectivity index (χ1) is 5.27. The summed E-state index contributed by atoms with van der Waals surface area (Å²) in [6, 6.07) is -0.0880. The van der Waals surface area contributed by atoms with E-state index in [0.717, 1.165) is 12.2 Å². The van der Waals surface area contributed by atoms with Gasteiger partial charge in [-0.3, -0.25) is 10.1 Å².